The summed E-state index contributed by atoms with van der Waals surface area (Å²) in [5.41, 5.74) is 1.37. The van der Waals surface area contributed by atoms with Crippen molar-refractivity contribution in [3.05, 3.63) is 29.8 Å². The molecule has 96 valence electrons. The van der Waals surface area contributed by atoms with Gasteiger partial charge in [0.2, 0.25) is 0 Å². The molecule has 0 aliphatic heterocycles. The Morgan fingerprint density at radius 1 is 0.941 bits per heavy atom. The first-order valence-electron chi connectivity index (χ1n) is 6.64. The lowest BCUT2D eigenvalue weighted by Crippen LogP contribution is -2.39. The van der Waals surface area contributed by atoms with Crippen LogP contribution in [0.4, 0.5) is 0 Å². The molecule has 0 spiro atoms. The van der Waals surface area contributed by atoms with Gasteiger partial charge in [0.1, 0.15) is 0 Å². The van der Waals surface area contributed by atoms with Crippen molar-refractivity contribution in [2.75, 3.05) is 13.2 Å². The molecular weight excluding hydrogens is 228 g/mol. The molecular formula is C14H24O2Si. The van der Waals surface area contributed by atoms with Crippen LogP contribution in [0.15, 0.2) is 24.3 Å². The number of hydrogen-bond acceptors (Lipinski definition) is 2. The van der Waals surface area contributed by atoms with Crippen molar-refractivity contribution in [2.45, 2.75) is 40.0 Å². The standard InChI is InChI=1S/C14H24O2Si/c1-4-11-15-17(16-12-5-2)14-10-8-7-9-13(14)6-3/h7-10,17H,4-6,11-12H2,1-3H3. The molecule has 0 radical (unpaired) electrons. The molecule has 1 aromatic carbocycles. The quantitative estimate of drug-likeness (QED) is 0.662. The molecule has 17 heavy (non-hydrogen) atoms. The number of hydrogen-bond donors (Lipinski definition) is 0. The third kappa shape index (κ3) is 4.62. The van der Waals surface area contributed by atoms with Gasteiger partial charge in [-0.3, -0.25) is 0 Å². The van der Waals surface area contributed by atoms with Gasteiger partial charge >= 0.3 is 9.28 Å². The molecule has 0 aromatic heterocycles. The first-order valence-corrected chi connectivity index (χ1v) is 8.16. The molecule has 1 rings (SSSR count). The van der Waals surface area contributed by atoms with Crippen LogP contribution in [0.1, 0.15) is 39.2 Å². The van der Waals surface area contributed by atoms with E-state index >= 15 is 0 Å². The van der Waals surface area contributed by atoms with E-state index in [1.165, 1.54) is 10.8 Å². The van der Waals surface area contributed by atoms with E-state index in [-0.39, 0.29) is 0 Å². The third-order valence-electron chi connectivity index (χ3n) is 2.64. The van der Waals surface area contributed by atoms with Crippen LogP contribution in [-0.2, 0) is 15.3 Å². The Bertz CT molecular complexity index is 307. The van der Waals surface area contributed by atoms with Crippen molar-refractivity contribution in [3.63, 3.8) is 0 Å². The zero-order chi connectivity index (χ0) is 12.5. The van der Waals surface area contributed by atoms with Crippen molar-refractivity contribution >= 4 is 14.5 Å². The maximum atomic E-state index is 5.94. The van der Waals surface area contributed by atoms with Gasteiger partial charge < -0.3 is 8.85 Å². The van der Waals surface area contributed by atoms with Crippen molar-refractivity contribution in [1.82, 2.24) is 0 Å². The molecule has 0 aliphatic carbocycles. The normalized spacial score (nSPS) is 11.1. The zero-order valence-electron chi connectivity index (χ0n) is 11.2. The van der Waals surface area contributed by atoms with Gasteiger partial charge in [0.05, 0.1) is 0 Å². The summed E-state index contributed by atoms with van der Waals surface area (Å²) in [5.74, 6) is 0. The summed E-state index contributed by atoms with van der Waals surface area (Å²) >= 11 is 0. The van der Waals surface area contributed by atoms with Gasteiger partial charge in [-0.05, 0) is 30.0 Å². The van der Waals surface area contributed by atoms with E-state index in [1.54, 1.807) is 0 Å². The molecule has 0 saturated carbocycles. The number of aryl methyl sites for hydroxylation is 1. The highest BCUT2D eigenvalue weighted by atomic mass is 28.3. The topological polar surface area (TPSA) is 18.5 Å². The second-order valence-corrected chi connectivity index (χ2v) is 6.08. The maximum Gasteiger partial charge on any atom is 0.356 e. The van der Waals surface area contributed by atoms with Gasteiger partial charge in [-0.15, -0.1) is 0 Å². The van der Waals surface area contributed by atoms with Crippen LogP contribution >= 0.6 is 0 Å². The number of rotatable bonds is 8. The summed E-state index contributed by atoms with van der Waals surface area (Å²) in [5, 5.41) is 1.32. The van der Waals surface area contributed by atoms with Gasteiger partial charge in [-0.2, -0.15) is 0 Å². The van der Waals surface area contributed by atoms with Crippen molar-refractivity contribution in [3.8, 4) is 0 Å². The van der Waals surface area contributed by atoms with Crippen LogP contribution < -0.4 is 5.19 Å². The molecule has 0 fully saturated rings. The minimum absolute atomic E-state index is 0.804. The van der Waals surface area contributed by atoms with Gasteiger partial charge in [-0.1, -0.05) is 45.0 Å². The van der Waals surface area contributed by atoms with Crippen LogP contribution in [0.5, 0.6) is 0 Å². The molecule has 0 N–H and O–H groups in total. The van der Waals surface area contributed by atoms with E-state index in [2.05, 4.69) is 45.0 Å². The summed E-state index contributed by atoms with van der Waals surface area (Å²) in [6, 6.07) is 8.52. The highest BCUT2D eigenvalue weighted by molar-refractivity contribution is 6.61. The fraction of sp³-hybridized carbons (Fsp3) is 0.571. The minimum atomic E-state index is -1.68. The van der Waals surface area contributed by atoms with Gasteiger partial charge in [0, 0.05) is 13.2 Å². The van der Waals surface area contributed by atoms with E-state index < -0.39 is 9.28 Å². The van der Waals surface area contributed by atoms with E-state index in [1.807, 2.05) is 0 Å². The minimum Gasteiger partial charge on any atom is -0.393 e. The Kier molecular flexibility index (Phi) is 7.16. The fourth-order valence-electron chi connectivity index (χ4n) is 1.76. The zero-order valence-corrected chi connectivity index (χ0v) is 12.4. The molecule has 3 heteroatoms. The lowest BCUT2D eigenvalue weighted by molar-refractivity contribution is 0.207. The second kappa shape index (κ2) is 8.45. The maximum absolute atomic E-state index is 5.94. The molecule has 2 nitrogen and oxygen atoms in total. The average Bonchev–Trinajstić information content (AvgIpc) is 2.39. The summed E-state index contributed by atoms with van der Waals surface area (Å²) in [6.45, 7) is 8.06. The Balaban J connectivity index is 2.78. The van der Waals surface area contributed by atoms with E-state index in [0.717, 1.165) is 32.5 Å². The molecule has 1 aromatic rings. The van der Waals surface area contributed by atoms with Crippen molar-refractivity contribution in [2.24, 2.45) is 0 Å². The highest BCUT2D eigenvalue weighted by Crippen LogP contribution is 2.03. The summed E-state index contributed by atoms with van der Waals surface area (Å²) in [6.07, 6.45) is 3.14. The Hall–Kier alpha value is -0.643. The first kappa shape index (κ1) is 14.4. The molecule has 0 bridgehead atoms. The largest absolute Gasteiger partial charge is 0.393 e. The van der Waals surface area contributed by atoms with Crippen LogP contribution in [0.2, 0.25) is 0 Å². The second-order valence-electron chi connectivity index (χ2n) is 4.13. The third-order valence-corrected chi connectivity index (χ3v) is 4.78. The lowest BCUT2D eigenvalue weighted by atomic mass is 10.2. The van der Waals surface area contributed by atoms with E-state index in [0.29, 0.717) is 0 Å². The highest BCUT2D eigenvalue weighted by Gasteiger charge is 2.18. The predicted octanol–water partition coefficient (Wildman–Crippen LogP) is 2.53. The first-order chi connectivity index (χ1) is 8.33. The Morgan fingerprint density at radius 2 is 1.53 bits per heavy atom. The Labute approximate surface area is 107 Å². The van der Waals surface area contributed by atoms with Crippen molar-refractivity contribution < 1.29 is 8.85 Å². The lowest BCUT2D eigenvalue weighted by Gasteiger charge is -2.18. The average molecular weight is 252 g/mol. The van der Waals surface area contributed by atoms with Gasteiger partial charge in [0.15, 0.2) is 0 Å². The molecule has 0 amide bonds. The fourth-order valence-corrected chi connectivity index (χ4v) is 3.99. The predicted molar refractivity (Wildman–Crippen MR) is 75.1 cm³/mol. The number of benzene rings is 1. The molecule has 0 atom stereocenters. The van der Waals surface area contributed by atoms with E-state index in [9.17, 15) is 0 Å². The van der Waals surface area contributed by atoms with E-state index in [4.69, 9.17) is 8.85 Å². The summed E-state index contributed by atoms with van der Waals surface area (Å²) in [4.78, 5) is 0. The van der Waals surface area contributed by atoms with Gasteiger partial charge in [-0.25, -0.2) is 0 Å². The van der Waals surface area contributed by atoms with Gasteiger partial charge in [0.25, 0.3) is 0 Å². The van der Waals surface area contributed by atoms with Crippen LogP contribution in [0.25, 0.3) is 0 Å². The molecule has 0 unspecified atom stereocenters. The van der Waals surface area contributed by atoms with Crippen molar-refractivity contribution in [1.29, 1.82) is 0 Å². The van der Waals surface area contributed by atoms with Crippen LogP contribution in [-0.4, -0.2) is 22.5 Å². The smallest absolute Gasteiger partial charge is 0.356 e. The van der Waals surface area contributed by atoms with Crippen LogP contribution in [0, 0.1) is 0 Å². The molecule has 0 aliphatic rings. The molecule has 0 heterocycles. The SMILES string of the molecule is CCCO[SiH](OCCC)c1ccccc1CC. The Morgan fingerprint density at radius 3 is 2.06 bits per heavy atom. The summed E-state index contributed by atoms with van der Waals surface area (Å²) in [7, 11) is -1.68. The summed E-state index contributed by atoms with van der Waals surface area (Å²) < 4.78 is 11.9. The molecule has 0 saturated heterocycles. The van der Waals surface area contributed by atoms with Crippen LogP contribution in [0.3, 0.4) is 0 Å². The monoisotopic (exact) mass is 252 g/mol.